The fourth-order valence-electron chi connectivity index (χ4n) is 2.47. The Morgan fingerprint density at radius 2 is 1.88 bits per heavy atom. The number of aromatic nitrogens is 4. The number of hydrogen-bond acceptors (Lipinski definition) is 6. The molecule has 2 N–H and O–H groups in total. The maximum absolute atomic E-state index is 9.18. The molecule has 0 aliphatic heterocycles. The van der Waals surface area contributed by atoms with Gasteiger partial charge >= 0.3 is 0 Å². The molecule has 0 spiro atoms. The van der Waals surface area contributed by atoms with Gasteiger partial charge in [-0.05, 0) is 44.9 Å². The first-order valence-corrected chi connectivity index (χ1v) is 7.75. The molecule has 0 saturated carbocycles. The Morgan fingerprint density at radius 1 is 1.12 bits per heavy atom. The molecule has 25 heavy (non-hydrogen) atoms. The summed E-state index contributed by atoms with van der Waals surface area (Å²) in [6.45, 7) is 7.46. The number of nitriles is 1. The highest BCUT2D eigenvalue weighted by atomic mass is 16.5. The van der Waals surface area contributed by atoms with Crippen LogP contribution in [0.25, 0.3) is 5.82 Å². The minimum Gasteiger partial charge on any atom is -0.439 e. The van der Waals surface area contributed by atoms with Crippen molar-refractivity contribution in [3.8, 4) is 23.5 Å². The van der Waals surface area contributed by atoms with Crippen molar-refractivity contribution >= 4 is 5.82 Å². The van der Waals surface area contributed by atoms with Crippen LogP contribution in [0.2, 0.25) is 0 Å². The highest BCUT2D eigenvalue weighted by Gasteiger charge is 2.16. The number of benzene rings is 1. The summed E-state index contributed by atoms with van der Waals surface area (Å²) in [6.07, 6.45) is 0. The molecular formula is C18H18N6O. The Morgan fingerprint density at radius 3 is 2.56 bits per heavy atom. The number of nitrogen functional groups attached to an aromatic ring is 1. The lowest BCUT2D eigenvalue weighted by molar-refractivity contribution is 0.455. The average Bonchev–Trinajstić information content (AvgIpc) is 2.84. The normalized spacial score (nSPS) is 10.5. The summed E-state index contributed by atoms with van der Waals surface area (Å²) in [7, 11) is 0. The van der Waals surface area contributed by atoms with Gasteiger partial charge in [-0.25, -0.2) is 4.98 Å². The van der Waals surface area contributed by atoms with Crippen LogP contribution in [0, 0.1) is 39.0 Å². The van der Waals surface area contributed by atoms with Gasteiger partial charge in [0, 0.05) is 6.07 Å². The summed E-state index contributed by atoms with van der Waals surface area (Å²) in [5.74, 6) is 2.34. The van der Waals surface area contributed by atoms with Gasteiger partial charge in [0.05, 0.1) is 5.69 Å². The number of anilines is 1. The molecule has 0 radical (unpaired) electrons. The Labute approximate surface area is 145 Å². The zero-order chi connectivity index (χ0) is 18.1. The first-order valence-electron chi connectivity index (χ1n) is 7.75. The molecule has 2 heterocycles. The van der Waals surface area contributed by atoms with Gasteiger partial charge in [0.15, 0.2) is 5.82 Å². The predicted octanol–water partition coefficient (Wildman–Crippen LogP) is 3.14. The lowest BCUT2D eigenvalue weighted by atomic mass is 10.1. The van der Waals surface area contributed by atoms with Crippen molar-refractivity contribution in [3.05, 3.63) is 52.5 Å². The van der Waals surface area contributed by atoms with E-state index in [1.807, 2.05) is 32.0 Å². The molecule has 3 aromatic rings. The molecule has 2 aromatic heterocycles. The SMILES string of the molecule is Cc1ccc(C)c(Oc2cc(-n3nc(C)c(C#N)c3N)nc(C)n2)c1. The third-order valence-corrected chi connectivity index (χ3v) is 3.78. The average molecular weight is 334 g/mol. The van der Waals surface area contributed by atoms with Crippen LogP contribution in [0.4, 0.5) is 5.82 Å². The summed E-state index contributed by atoms with van der Waals surface area (Å²) >= 11 is 0. The van der Waals surface area contributed by atoms with Gasteiger partial charge in [-0.3, -0.25) is 0 Å². The van der Waals surface area contributed by atoms with Crippen LogP contribution in [-0.2, 0) is 0 Å². The molecule has 0 saturated heterocycles. The van der Waals surface area contributed by atoms with Crippen LogP contribution in [0.1, 0.15) is 28.2 Å². The van der Waals surface area contributed by atoms with E-state index in [-0.39, 0.29) is 5.82 Å². The third kappa shape index (κ3) is 3.15. The number of rotatable bonds is 3. The maximum atomic E-state index is 9.18. The van der Waals surface area contributed by atoms with E-state index < -0.39 is 0 Å². The summed E-state index contributed by atoms with van der Waals surface area (Å²) in [4.78, 5) is 8.68. The molecule has 7 heteroatoms. The second-order valence-electron chi connectivity index (χ2n) is 5.85. The summed E-state index contributed by atoms with van der Waals surface area (Å²) < 4.78 is 7.37. The van der Waals surface area contributed by atoms with Crippen LogP contribution >= 0.6 is 0 Å². The molecule has 0 aliphatic carbocycles. The van der Waals surface area contributed by atoms with E-state index in [1.54, 1.807) is 19.9 Å². The largest absolute Gasteiger partial charge is 0.439 e. The van der Waals surface area contributed by atoms with Gasteiger partial charge in [0.2, 0.25) is 5.88 Å². The summed E-state index contributed by atoms with van der Waals surface area (Å²) in [6, 6.07) is 9.67. The molecule has 7 nitrogen and oxygen atoms in total. The lowest BCUT2D eigenvalue weighted by Gasteiger charge is -2.11. The molecule has 1 aromatic carbocycles. The topological polar surface area (TPSA) is 103 Å². The van der Waals surface area contributed by atoms with Crippen molar-refractivity contribution in [1.82, 2.24) is 19.7 Å². The lowest BCUT2D eigenvalue weighted by Crippen LogP contribution is -2.07. The molecule has 0 bridgehead atoms. The van der Waals surface area contributed by atoms with E-state index >= 15 is 0 Å². The Hall–Kier alpha value is -3.40. The number of nitrogens with two attached hydrogens (primary N) is 1. The second kappa shape index (κ2) is 6.24. The smallest absolute Gasteiger partial charge is 0.224 e. The number of ether oxygens (including phenoxy) is 1. The van der Waals surface area contributed by atoms with Crippen molar-refractivity contribution in [2.45, 2.75) is 27.7 Å². The minimum atomic E-state index is 0.246. The van der Waals surface area contributed by atoms with E-state index in [9.17, 15) is 5.26 Å². The van der Waals surface area contributed by atoms with E-state index in [0.717, 1.165) is 16.9 Å². The minimum absolute atomic E-state index is 0.246. The summed E-state index contributed by atoms with van der Waals surface area (Å²) in [5, 5.41) is 13.5. The number of nitrogens with zero attached hydrogens (tertiary/aromatic N) is 5. The van der Waals surface area contributed by atoms with E-state index in [0.29, 0.717) is 28.8 Å². The molecule has 0 unspecified atom stereocenters. The van der Waals surface area contributed by atoms with Crippen LogP contribution in [0.15, 0.2) is 24.3 Å². The van der Waals surface area contributed by atoms with Crippen molar-refractivity contribution in [1.29, 1.82) is 5.26 Å². The van der Waals surface area contributed by atoms with Gasteiger partial charge in [-0.1, -0.05) is 12.1 Å². The summed E-state index contributed by atoms with van der Waals surface area (Å²) in [5.41, 5.74) is 9.01. The maximum Gasteiger partial charge on any atom is 0.224 e. The fraction of sp³-hybridized carbons (Fsp3) is 0.222. The number of aryl methyl sites for hydroxylation is 4. The van der Waals surface area contributed by atoms with Crippen molar-refractivity contribution in [3.63, 3.8) is 0 Å². The predicted molar refractivity (Wildman–Crippen MR) is 93.7 cm³/mol. The van der Waals surface area contributed by atoms with Gasteiger partial charge in [-0.15, -0.1) is 0 Å². The van der Waals surface area contributed by atoms with Crippen molar-refractivity contribution < 1.29 is 4.74 Å². The zero-order valence-corrected chi connectivity index (χ0v) is 14.5. The number of hydrogen-bond donors (Lipinski definition) is 1. The van der Waals surface area contributed by atoms with Gasteiger partial charge in [0.1, 0.15) is 29.0 Å². The highest BCUT2D eigenvalue weighted by molar-refractivity contribution is 5.55. The van der Waals surface area contributed by atoms with Crippen LogP contribution in [0.3, 0.4) is 0 Å². The van der Waals surface area contributed by atoms with E-state index in [4.69, 9.17) is 10.5 Å². The first kappa shape index (κ1) is 16.5. The molecule has 0 amide bonds. The van der Waals surface area contributed by atoms with Gasteiger partial charge < -0.3 is 10.5 Å². The van der Waals surface area contributed by atoms with Crippen molar-refractivity contribution in [2.24, 2.45) is 0 Å². The van der Waals surface area contributed by atoms with Crippen LogP contribution in [-0.4, -0.2) is 19.7 Å². The molecule has 0 fully saturated rings. The molecule has 0 atom stereocenters. The van der Waals surface area contributed by atoms with E-state index in [1.165, 1.54) is 4.68 Å². The molecule has 3 rings (SSSR count). The van der Waals surface area contributed by atoms with Gasteiger partial charge in [0.25, 0.3) is 0 Å². The third-order valence-electron chi connectivity index (χ3n) is 3.78. The van der Waals surface area contributed by atoms with Crippen molar-refractivity contribution in [2.75, 3.05) is 5.73 Å². The van der Waals surface area contributed by atoms with Crippen LogP contribution in [0.5, 0.6) is 11.6 Å². The Bertz CT molecular complexity index is 1000. The molecule has 0 aliphatic rings. The zero-order valence-electron chi connectivity index (χ0n) is 14.5. The second-order valence-corrected chi connectivity index (χ2v) is 5.85. The Balaban J connectivity index is 2.05. The van der Waals surface area contributed by atoms with Gasteiger partial charge in [-0.2, -0.15) is 20.0 Å². The monoisotopic (exact) mass is 334 g/mol. The molecule has 126 valence electrons. The molecular weight excluding hydrogens is 316 g/mol. The first-order chi connectivity index (χ1) is 11.9. The highest BCUT2D eigenvalue weighted by Crippen LogP contribution is 2.27. The van der Waals surface area contributed by atoms with E-state index in [2.05, 4.69) is 21.1 Å². The quantitative estimate of drug-likeness (QED) is 0.789. The fourth-order valence-corrected chi connectivity index (χ4v) is 2.47. The Kier molecular flexibility index (Phi) is 4.11. The van der Waals surface area contributed by atoms with Crippen LogP contribution < -0.4 is 10.5 Å². The standard InChI is InChI=1S/C18H18N6O/c1-10-5-6-11(2)15(7-10)25-17-8-16(21-13(4)22-17)24-18(20)14(9-19)12(3)23-24/h5-8H,20H2,1-4H3.